The first kappa shape index (κ1) is 13.1. The van der Waals surface area contributed by atoms with Crippen molar-refractivity contribution in [1.29, 1.82) is 0 Å². The summed E-state index contributed by atoms with van der Waals surface area (Å²) in [5, 5.41) is 19.1. The van der Waals surface area contributed by atoms with Gasteiger partial charge in [-0.3, -0.25) is 0 Å². The topological polar surface area (TPSA) is 68.2 Å². The van der Waals surface area contributed by atoms with Gasteiger partial charge in [0.05, 0.1) is 26.4 Å². The molecule has 0 radical (unpaired) electrons. The van der Waals surface area contributed by atoms with E-state index in [2.05, 4.69) is 0 Å². The van der Waals surface area contributed by atoms with Crippen LogP contribution < -0.4 is 9.47 Å². The molecule has 1 aromatic rings. The second-order valence-electron chi connectivity index (χ2n) is 4.35. The summed E-state index contributed by atoms with van der Waals surface area (Å²) in [6.07, 6.45) is -1.56. The van der Waals surface area contributed by atoms with E-state index in [9.17, 15) is 10.2 Å². The van der Waals surface area contributed by atoms with Gasteiger partial charge in [-0.15, -0.1) is 0 Å². The third-order valence-electron chi connectivity index (χ3n) is 2.95. The zero-order valence-electron chi connectivity index (χ0n) is 10.5. The Labute approximate surface area is 106 Å². The van der Waals surface area contributed by atoms with Crippen LogP contribution in [0.1, 0.15) is 18.6 Å². The minimum atomic E-state index is -0.619. The highest BCUT2D eigenvalue weighted by Crippen LogP contribution is 2.31. The maximum absolute atomic E-state index is 9.63. The lowest BCUT2D eigenvalue weighted by Crippen LogP contribution is -2.29. The maximum Gasteiger partial charge on any atom is 0.161 e. The summed E-state index contributed by atoms with van der Waals surface area (Å²) in [6, 6.07) is 5.22. The van der Waals surface area contributed by atoms with Crippen LogP contribution in [0.15, 0.2) is 18.2 Å². The number of hydrogen-bond donors (Lipinski definition) is 2. The van der Waals surface area contributed by atoms with Gasteiger partial charge < -0.3 is 24.4 Å². The minimum Gasteiger partial charge on any atom is -0.493 e. The predicted molar refractivity (Wildman–Crippen MR) is 64.9 cm³/mol. The molecule has 5 nitrogen and oxygen atoms in total. The van der Waals surface area contributed by atoms with Crippen LogP contribution in [0, 0.1) is 0 Å². The molecular formula is C13H18O5. The molecule has 1 aliphatic rings. The summed E-state index contributed by atoms with van der Waals surface area (Å²) in [5.74, 6) is 1.07. The van der Waals surface area contributed by atoms with Crippen LogP contribution in [0.4, 0.5) is 0 Å². The standard InChI is InChI=1S/C13H18O5/c1-8(14)9-3-4-11(12(5-9)16-2)18-13-7-17-6-10(13)15/h3-5,8,10,13-15H,6-7H2,1-2H3/t8-,10?,13?/m0/s1. The zero-order chi connectivity index (χ0) is 13.1. The average Bonchev–Trinajstić information content (AvgIpc) is 2.75. The lowest BCUT2D eigenvalue weighted by molar-refractivity contribution is 0.0714. The number of aliphatic hydroxyl groups is 2. The van der Waals surface area contributed by atoms with Crippen molar-refractivity contribution >= 4 is 0 Å². The van der Waals surface area contributed by atoms with Crippen molar-refractivity contribution in [2.24, 2.45) is 0 Å². The van der Waals surface area contributed by atoms with E-state index in [4.69, 9.17) is 14.2 Å². The fourth-order valence-electron chi connectivity index (χ4n) is 1.84. The average molecular weight is 254 g/mol. The zero-order valence-corrected chi connectivity index (χ0v) is 10.5. The molecule has 1 aliphatic heterocycles. The molecule has 18 heavy (non-hydrogen) atoms. The highest BCUT2D eigenvalue weighted by Gasteiger charge is 2.28. The number of aliphatic hydroxyl groups excluding tert-OH is 2. The van der Waals surface area contributed by atoms with E-state index in [0.717, 1.165) is 5.56 Å². The molecule has 2 rings (SSSR count). The summed E-state index contributed by atoms with van der Waals surface area (Å²) >= 11 is 0. The molecule has 0 amide bonds. The van der Waals surface area contributed by atoms with Crippen molar-refractivity contribution in [2.45, 2.75) is 25.2 Å². The number of methoxy groups -OCH3 is 1. The van der Waals surface area contributed by atoms with Crippen LogP contribution >= 0.6 is 0 Å². The van der Waals surface area contributed by atoms with E-state index in [-0.39, 0.29) is 6.10 Å². The minimum absolute atomic E-state index is 0.290. The Morgan fingerprint density at radius 1 is 1.33 bits per heavy atom. The van der Waals surface area contributed by atoms with E-state index >= 15 is 0 Å². The van der Waals surface area contributed by atoms with Gasteiger partial charge in [-0.05, 0) is 24.6 Å². The summed E-state index contributed by atoms with van der Waals surface area (Å²) in [5.41, 5.74) is 0.752. The van der Waals surface area contributed by atoms with Gasteiger partial charge >= 0.3 is 0 Å². The fourth-order valence-corrected chi connectivity index (χ4v) is 1.84. The first-order chi connectivity index (χ1) is 8.61. The molecule has 1 aromatic carbocycles. The Hall–Kier alpha value is -1.30. The molecule has 0 aromatic heterocycles. The third kappa shape index (κ3) is 2.75. The highest BCUT2D eigenvalue weighted by molar-refractivity contribution is 5.43. The van der Waals surface area contributed by atoms with Gasteiger partial charge in [-0.2, -0.15) is 0 Å². The molecule has 0 spiro atoms. The molecule has 1 fully saturated rings. The molecule has 3 atom stereocenters. The molecular weight excluding hydrogens is 236 g/mol. The van der Waals surface area contributed by atoms with Gasteiger partial charge in [0, 0.05) is 0 Å². The van der Waals surface area contributed by atoms with Gasteiger partial charge in [0.2, 0.25) is 0 Å². The summed E-state index contributed by atoms with van der Waals surface area (Å²) in [7, 11) is 1.54. The molecule has 0 aliphatic carbocycles. The number of ether oxygens (including phenoxy) is 3. The van der Waals surface area contributed by atoms with E-state index in [1.54, 1.807) is 25.1 Å². The first-order valence-electron chi connectivity index (χ1n) is 5.90. The van der Waals surface area contributed by atoms with Crippen LogP contribution in [-0.2, 0) is 4.74 Å². The summed E-state index contributed by atoms with van der Waals surface area (Å²) < 4.78 is 16.0. The van der Waals surface area contributed by atoms with Crippen molar-refractivity contribution in [1.82, 2.24) is 0 Å². The normalized spacial score (nSPS) is 24.9. The molecule has 100 valence electrons. The van der Waals surface area contributed by atoms with Crippen LogP contribution in [0.3, 0.4) is 0 Å². The van der Waals surface area contributed by atoms with Gasteiger partial charge in [0.15, 0.2) is 17.6 Å². The highest BCUT2D eigenvalue weighted by atomic mass is 16.6. The van der Waals surface area contributed by atoms with Crippen molar-refractivity contribution in [2.75, 3.05) is 20.3 Å². The summed E-state index contributed by atoms with van der Waals surface area (Å²) in [6.45, 7) is 2.34. The lowest BCUT2D eigenvalue weighted by atomic mass is 10.1. The Balaban J connectivity index is 2.17. The number of rotatable bonds is 4. The van der Waals surface area contributed by atoms with Crippen molar-refractivity contribution in [3.63, 3.8) is 0 Å². The van der Waals surface area contributed by atoms with Gasteiger partial charge in [-0.25, -0.2) is 0 Å². The lowest BCUT2D eigenvalue weighted by Gasteiger charge is -2.18. The van der Waals surface area contributed by atoms with E-state index in [1.165, 1.54) is 7.11 Å². The molecule has 0 bridgehead atoms. The molecule has 2 unspecified atom stereocenters. The first-order valence-corrected chi connectivity index (χ1v) is 5.90. The predicted octanol–water partition coefficient (Wildman–Crippen LogP) is 0.887. The van der Waals surface area contributed by atoms with Crippen LogP contribution in [0.2, 0.25) is 0 Å². The molecule has 1 heterocycles. The second kappa shape index (κ2) is 5.56. The van der Waals surface area contributed by atoms with Crippen molar-refractivity contribution in [3.05, 3.63) is 23.8 Å². The van der Waals surface area contributed by atoms with Gasteiger partial charge in [0.1, 0.15) is 6.10 Å². The Morgan fingerprint density at radius 3 is 2.67 bits per heavy atom. The smallest absolute Gasteiger partial charge is 0.161 e. The van der Waals surface area contributed by atoms with E-state index < -0.39 is 12.2 Å². The molecule has 2 N–H and O–H groups in total. The number of hydrogen-bond acceptors (Lipinski definition) is 5. The van der Waals surface area contributed by atoms with Crippen molar-refractivity contribution < 1.29 is 24.4 Å². The van der Waals surface area contributed by atoms with E-state index in [0.29, 0.717) is 24.7 Å². The molecule has 5 heteroatoms. The van der Waals surface area contributed by atoms with Gasteiger partial charge in [-0.1, -0.05) is 6.07 Å². The monoisotopic (exact) mass is 254 g/mol. The molecule has 0 saturated carbocycles. The van der Waals surface area contributed by atoms with Crippen LogP contribution in [0.5, 0.6) is 11.5 Å². The Morgan fingerprint density at radius 2 is 2.11 bits per heavy atom. The van der Waals surface area contributed by atoms with E-state index in [1.807, 2.05) is 0 Å². The summed E-state index contributed by atoms with van der Waals surface area (Å²) in [4.78, 5) is 0. The van der Waals surface area contributed by atoms with Gasteiger partial charge in [0.25, 0.3) is 0 Å². The quantitative estimate of drug-likeness (QED) is 0.835. The SMILES string of the molecule is COc1cc([C@H](C)O)ccc1OC1COCC1O. The number of benzene rings is 1. The third-order valence-corrected chi connectivity index (χ3v) is 2.95. The maximum atomic E-state index is 9.63. The Kier molecular flexibility index (Phi) is 4.06. The second-order valence-corrected chi connectivity index (χ2v) is 4.35. The molecule has 1 saturated heterocycles. The van der Waals surface area contributed by atoms with Crippen LogP contribution in [-0.4, -0.2) is 42.7 Å². The Bertz CT molecular complexity index is 404. The fraction of sp³-hybridized carbons (Fsp3) is 0.538. The van der Waals surface area contributed by atoms with Crippen molar-refractivity contribution in [3.8, 4) is 11.5 Å². The van der Waals surface area contributed by atoms with Crippen LogP contribution in [0.25, 0.3) is 0 Å². The largest absolute Gasteiger partial charge is 0.493 e.